The number of carbonyl (C=O) groups is 2. The van der Waals surface area contributed by atoms with E-state index in [0.717, 1.165) is 38.9 Å². The monoisotopic (exact) mass is 269 g/mol. The Bertz CT molecular complexity index is 301. The Morgan fingerprint density at radius 1 is 1.21 bits per heavy atom. The van der Waals surface area contributed by atoms with Gasteiger partial charge in [-0.2, -0.15) is 0 Å². The van der Waals surface area contributed by atoms with Gasteiger partial charge in [-0.25, -0.2) is 0 Å². The summed E-state index contributed by atoms with van der Waals surface area (Å²) >= 11 is 0. The van der Waals surface area contributed by atoms with Crippen LogP contribution in [0.2, 0.25) is 0 Å². The third kappa shape index (κ3) is 5.19. The van der Waals surface area contributed by atoms with Gasteiger partial charge in [0.1, 0.15) is 0 Å². The number of nitrogens with zero attached hydrogens (tertiary/aromatic N) is 2. The van der Waals surface area contributed by atoms with E-state index in [1.165, 1.54) is 0 Å². The van der Waals surface area contributed by atoms with Crippen LogP contribution in [-0.2, 0) is 9.59 Å². The molecule has 0 spiro atoms. The van der Waals surface area contributed by atoms with Gasteiger partial charge in [-0.1, -0.05) is 13.8 Å². The van der Waals surface area contributed by atoms with E-state index in [1.54, 1.807) is 4.90 Å². The van der Waals surface area contributed by atoms with Crippen LogP contribution in [0.3, 0.4) is 0 Å². The van der Waals surface area contributed by atoms with Gasteiger partial charge >= 0.3 is 0 Å². The molecule has 0 bridgehead atoms. The second-order valence-corrected chi connectivity index (χ2v) is 5.27. The summed E-state index contributed by atoms with van der Waals surface area (Å²) in [6, 6.07) is 0.108. The normalized spacial score (nSPS) is 18.7. The van der Waals surface area contributed by atoms with E-state index in [2.05, 4.69) is 13.8 Å². The van der Waals surface area contributed by atoms with Crippen molar-refractivity contribution in [2.45, 2.75) is 52.0 Å². The Morgan fingerprint density at radius 3 is 2.32 bits per heavy atom. The summed E-state index contributed by atoms with van der Waals surface area (Å²) in [4.78, 5) is 27.6. The van der Waals surface area contributed by atoms with Crippen molar-refractivity contribution in [3.8, 4) is 0 Å². The summed E-state index contributed by atoms with van der Waals surface area (Å²) in [5, 5.41) is 0. The molecular weight excluding hydrogens is 242 g/mol. The van der Waals surface area contributed by atoms with E-state index in [1.807, 2.05) is 4.90 Å². The van der Waals surface area contributed by atoms with Crippen LogP contribution >= 0.6 is 0 Å². The molecule has 19 heavy (non-hydrogen) atoms. The van der Waals surface area contributed by atoms with Crippen molar-refractivity contribution >= 4 is 11.8 Å². The summed E-state index contributed by atoms with van der Waals surface area (Å²) in [6.45, 7) is 7.08. The SMILES string of the molecule is CCCN(CCC)C(=O)CCC(=O)N1CC[C@@H](N)C1. The zero-order chi connectivity index (χ0) is 14.3. The Hall–Kier alpha value is -1.10. The summed E-state index contributed by atoms with van der Waals surface area (Å²) in [5.74, 6) is 0.162. The van der Waals surface area contributed by atoms with Crippen molar-refractivity contribution in [2.24, 2.45) is 5.73 Å². The number of likely N-dealkylation sites (tertiary alicyclic amines) is 1. The molecule has 2 amide bonds. The molecule has 1 heterocycles. The predicted octanol–water partition coefficient (Wildman–Crippen LogP) is 0.975. The van der Waals surface area contributed by atoms with E-state index < -0.39 is 0 Å². The molecule has 0 aromatic carbocycles. The number of hydrogen-bond acceptors (Lipinski definition) is 3. The zero-order valence-corrected chi connectivity index (χ0v) is 12.2. The number of carbonyl (C=O) groups excluding carboxylic acids is 2. The lowest BCUT2D eigenvalue weighted by atomic mass is 10.2. The van der Waals surface area contributed by atoms with Crippen molar-refractivity contribution in [2.75, 3.05) is 26.2 Å². The van der Waals surface area contributed by atoms with E-state index in [0.29, 0.717) is 19.4 Å². The van der Waals surface area contributed by atoms with Crippen molar-refractivity contribution in [3.63, 3.8) is 0 Å². The lowest BCUT2D eigenvalue weighted by molar-refractivity contribution is -0.136. The molecule has 0 unspecified atom stereocenters. The summed E-state index contributed by atoms with van der Waals surface area (Å²) in [6.07, 6.45) is 3.43. The largest absolute Gasteiger partial charge is 0.343 e. The Kier molecular flexibility index (Phi) is 6.84. The van der Waals surface area contributed by atoms with Gasteiger partial charge < -0.3 is 15.5 Å². The third-order valence-corrected chi connectivity index (χ3v) is 3.47. The molecular formula is C14H27N3O2. The average Bonchev–Trinajstić information content (AvgIpc) is 2.82. The molecule has 1 rings (SSSR count). The number of hydrogen-bond donors (Lipinski definition) is 1. The molecule has 2 N–H and O–H groups in total. The van der Waals surface area contributed by atoms with Crippen LogP contribution in [0, 0.1) is 0 Å². The zero-order valence-electron chi connectivity index (χ0n) is 12.2. The minimum absolute atomic E-state index is 0.0641. The summed E-state index contributed by atoms with van der Waals surface area (Å²) in [7, 11) is 0. The van der Waals surface area contributed by atoms with Crippen LogP contribution in [0.5, 0.6) is 0 Å². The van der Waals surface area contributed by atoms with Crippen molar-refractivity contribution in [3.05, 3.63) is 0 Å². The quantitative estimate of drug-likeness (QED) is 0.749. The van der Waals surface area contributed by atoms with Crippen LogP contribution in [0.15, 0.2) is 0 Å². The molecule has 0 aromatic heterocycles. The van der Waals surface area contributed by atoms with E-state index in [9.17, 15) is 9.59 Å². The topological polar surface area (TPSA) is 66.6 Å². The molecule has 5 heteroatoms. The van der Waals surface area contributed by atoms with Gasteiger partial charge in [0.15, 0.2) is 0 Å². The third-order valence-electron chi connectivity index (χ3n) is 3.47. The maximum absolute atomic E-state index is 12.0. The number of nitrogens with two attached hydrogens (primary N) is 1. The Morgan fingerprint density at radius 2 is 1.84 bits per heavy atom. The highest BCUT2D eigenvalue weighted by molar-refractivity contribution is 5.84. The van der Waals surface area contributed by atoms with E-state index in [4.69, 9.17) is 5.73 Å². The van der Waals surface area contributed by atoms with Crippen LogP contribution in [0.25, 0.3) is 0 Å². The van der Waals surface area contributed by atoms with Gasteiger partial charge in [0.05, 0.1) is 0 Å². The minimum Gasteiger partial charge on any atom is -0.343 e. The first-order valence-corrected chi connectivity index (χ1v) is 7.39. The van der Waals surface area contributed by atoms with Gasteiger partial charge in [-0.3, -0.25) is 9.59 Å². The van der Waals surface area contributed by atoms with Crippen LogP contribution in [-0.4, -0.2) is 53.8 Å². The Balaban J connectivity index is 2.33. The molecule has 0 aliphatic carbocycles. The fourth-order valence-electron chi connectivity index (χ4n) is 2.44. The minimum atomic E-state index is 0.0641. The Labute approximate surface area is 116 Å². The maximum Gasteiger partial charge on any atom is 0.223 e. The van der Waals surface area contributed by atoms with Crippen LogP contribution < -0.4 is 5.73 Å². The molecule has 0 radical (unpaired) electrons. The fourth-order valence-corrected chi connectivity index (χ4v) is 2.44. The summed E-state index contributed by atoms with van der Waals surface area (Å²) < 4.78 is 0. The lowest BCUT2D eigenvalue weighted by Gasteiger charge is -2.22. The molecule has 110 valence electrons. The first-order chi connectivity index (χ1) is 9.08. The highest BCUT2D eigenvalue weighted by Gasteiger charge is 2.24. The highest BCUT2D eigenvalue weighted by atomic mass is 16.2. The second kappa shape index (κ2) is 8.15. The first-order valence-electron chi connectivity index (χ1n) is 7.39. The van der Waals surface area contributed by atoms with E-state index in [-0.39, 0.29) is 17.9 Å². The van der Waals surface area contributed by atoms with Crippen LogP contribution in [0.1, 0.15) is 46.0 Å². The smallest absolute Gasteiger partial charge is 0.223 e. The van der Waals surface area contributed by atoms with Gasteiger partial charge in [0, 0.05) is 45.1 Å². The molecule has 5 nitrogen and oxygen atoms in total. The van der Waals surface area contributed by atoms with Gasteiger partial charge in [-0.15, -0.1) is 0 Å². The molecule has 0 saturated carbocycles. The molecule has 0 aromatic rings. The fraction of sp³-hybridized carbons (Fsp3) is 0.857. The van der Waals surface area contributed by atoms with Gasteiger partial charge in [-0.05, 0) is 19.3 Å². The molecule has 1 fully saturated rings. The van der Waals surface area contributed by atoms with Gasteiger partial charge in [0.2, 0.25) is 11.8 Å². The summed E-state index contributed by atoms with van der Waals surface area (Å²) in [5.41, 5.74) is 5.78. The molecule has 1 atom stereocenters. The number of amides is 2. The molecule has 1 saturated heterocycles. The average molecular weight is 269 g/mol. The van der Waals surface area contributed by atoms with Crippen molar-refractivity contribution in [1.29, 1.82) is 0 Å². The maximum atomic E-state index is 12.0. The second-order valence-electron chi connectivity index (χ2n) is 5.27. The van der Waals surface area contributed by atoms with Crippen LogP contribution in [0.4, 0.5) is 0 Å². The van der Waals surface area contributed by atoms with Gasteiger partial charge in [0.25, 0.3) is 0 Å². The molecule has 1 aliphatic heterocycles. The first kappa shape index (κ1) is 16.0. The van der Waals surface area contributed by atoms with Crippen molar-refractivity contribution < 1.29 is 9.59 Å². The van der Waals surface area contributed by atoms with E-state index >= 15 is 0 Å². The highest BCUT2D eigenvalue weighted by Crippen LogP contribution is 2.10. The van der Waals surface area contributed by atoms with Crippen molar-refractivity contribution in [1.82, 2.24) is 9.80 Å². The molecule has 1 aliphatic rings. The standard InChI is InChI=1S/C14H27N3O2/c1-3-8-16(9-4-2)13(18)5-6-14(19)17-10-7-12(15)11-17/h12H,3-11,15H2,1-2H3/t12-/m1/s1. The number of rotatable bonds is 7. The predicted molar refractivity (Wildman–Crippen MR) is 75.6 cm³/mol. The lowest BCUT2D eigenvalue weighted by Crippen LogP contribution is -2.35.